The van der Waals surface area contributed by atoms with Gasteiger partial charge < -0.3 is 0 Å². The molecule has 0 bridgehead atoms. The van der Waals surface area contributed by atoms with Gasteiger partial charge in [-0.3, -0.25) is 0 Å². The van der Waals surface area contributed by atoms with E-state index in [1.54, 1.807) is 11.3 Å². The molecule has 0 atom stereocenters. The minimum Gasteiger partial charge on any atom is -0.247 e. The smallest absolute Gasteiger partial charge is 0.214 e. The molecule has 0 radical (unpaired) electrons. The minimum absolute atomic E-state index is 0.167. The first-order valence-electron chi connectivity index (χ1n) is 5.97. The standard InChI is InChI=1S/C11H18N2O2S2/c1-9-13-10(8-16-9)6-7-12-17(14,15)11-4-2-3-5-11/h8,11-12H,2-7H2,1H3. The Bertz CT molecular complexity index is 462. The fourth-order valence-electron chi connectivity index (χ4n) is 2.16. The van der Waals surface area contributed by atoms with Gasteiger partial charge in [-0.1, -0.05) is 12.8 Å². The van der Waals surface area contributed by atoms with E-state index in [9.17, 15) is 8.42 Å². The molecule has 6 heteroatoms. The zero-order chi connectivity index (χ0) is 12.3. The molecule has 0 spiro atoms. The Morgan fingerprint density at radius 1 is 1.47 bits per heavy atom. The zero-order valence-corrected chi connectivity index (χ0v) is 11.6. The molecule has 1 fully saturated rings. The highest BCUT2D eigenvalue weighted by Crippen LogP contribution is 2.23. The molecule has 96 valence electrons. The normalized spacial score (nSPS) is 17.7. The van der Waals surface area contributed by atoms with Gasteiger partial charge in [0.25, 0.3) is 0 Å². The van der Waals surface area contributed by atoms with Crippen molar-refractivity contribution in [3.63, 3.8) is 0 Å². The highest BCUT2D eigenvalue weighted by Gasteiger charge is 2.27. The van der Waals surface area contributed by atoms with Gasteiger partial charge in [-0.15, -0.1) is 11.3 Å². The summed E-state index contributed by atoms with van der Waals surface area (Å²) in [5.74, 6) is 0. The van der Waals surface area contributed by atoms with Crippen LogP contribution in [0, 0.1) is 6.92 Å². The topological polar surface area (TPSA) is 59.1 Å². The summed E-state index contributed by atoms with van der Waals surface area (Å²) in [5, 5.41) is 2.84. The van der Waals surface area contributed by atoms with Crippen molar-refractivity contribution in [3.8, 4) is 0 Å². The van der Waals surface area contributed by atoms with Gasteiger partial charge in [0.1, 0.15) is 0 Å². The molecule has 1 aromatic rings. The van der Waals surface area contributed by atoms with Crippen molar-refractivity contribution in [2.24, 2.45) is 0 Å². The van der Waals surface area contributed by atoms with Crippen LogP contribution in [0.5, 0.6) is 0 Å². The Morgan fingerprint density at radius 3 is 2.76 bits per heavy atom. The fraction of sp³-hybridized carbons (Fsp3) is 0.727. The van der Waals surface area contributed by atoms with E-state index in [1.165, 1.54) is 0 Å². The largest absolute Gasteiger partial charge is 0.247 e. The van der Waals surface area contributed by atoms with Crippen molar-refractivity contribution in [2.45, 2.75) is 44.3 Å². The van der Waals surface area contributed by atoms with Gasteiger partial charge in [-0.2, -0.15) is 0 Å². The van der Waals surface area contributed by atoms with E-state index in [0.29, 0.717) is 13.0 Å². The third-order valence-corrected chi connectivity index (χ3v) is 5.87. The Hall–Kier alpha value is -0.460. The van der Waals surface area contributed by atoms with Gasteiger partial charge in [0.05, 0.1) is 16.0 Å². The van der Waals surface area contributed by atoms with Crippen LogP contribution < -0.4 is 4.72 Å². The van der Waals surface area contributed by atoms with Gasteiger partial charge in [0.2, 0.25) is 10.0 Å². The van der Waals surface area contributed by atoms with Gasteiger partial charge in [0.15, 0.2) is 0 Å². The second kappa shape index (κ2) is 5.46. The lowest BCUT2D eigenvalue weighted by Crippen LogP contribution is -2.34. The molecule has 4 nitrogen and oxygen atoms in total. The van der Waals surface area contributed by atoms with Crippen molar-refractivity contribution < 1.29 is 8.42 Å². The molecule has 1 saturated carbocycles. The molecule has 1 N–H and O–H groups in total. The lowest BCUT2D eigenvalue weighted by atomic mass is 10.3. The van der Waals surface area contributed by atoms with Gasteiger partial charge in [-0.25, -0.2) is 18.1 Å². The number of sulfonamides is 1. The summed E-state index contributed by atoms with van der Waals surface area (Å²) in [6.07, 6.45) is 4.38. The number of hydrogen-bond acceptors (Lipinski definition) is 4. The molecule has 0 aliphatic heterocycles. The Kier molecular flexibility index (Phi) is 4.17. The number of hydrogen-bond donors (Lipinski definition) is 1. The van der Waals surface area contributed by atoms with Gasteiger partial charge >= 0.3 is 0 Å². The van der Waals surface area contributed by atoms with Crippen LogP contribution in [0.3, 0.4) is 0 Å². The monoisotopic (exact) mass is 274 g/mol. The summed E-state index contributed by atoms with van der Waals surface area (Å²) < 4.78 is 26.5. The summed E-state index contributed by atoms with van der Waals surface area (Å²) >= 11 is 1.60. The molecular formula is C11H18N2O2S2. The van der Waals surface area contributed by atoms with Crippen LogP contribution in [0.4, 0.5) is 0 Å². The molecule has 1 aliphatic carbocycles. The lowest BCUT2D eigenvalue weighted by Gasteiger charge is -2.11. The van der Waals surface area contributed by atoms with E-state index in [2.05, 4.69) is 9.71 Å². The van der Waals surface area contributed by atoms with E-state index < -0.39 is 10.0 Å². The highest BCUT2D eigenvalue weighted by molar-refractivity contribution is 7.90. The number of rotatable bonds is 5. The summed E-state index contributed by atoms with van der Waals surface area (Å²) in [7, 11) is -3.10. The van der Waals surface area contributed by atoms with Crippen molar-refractivity contribution in [1.29, 1.82) is 0 Å². The third kappa shape index (κ3) is 3.50. The van der Waals surface area contributed by atoms with Crippen molar-refractivity contribution in [2.75, 3.05) is 6.54 Å². The first kappa shape index (κ1) is 13.0. The third-order valence-electron chi connectivity index (χ3n) is 3.09. The Labute approximate surface area is 107 Å². The number of aromatic nitrogens is 1. The van der Waals surface area contributed by atoms with Gasteiger partial charge in [-0.05, 0) is 19.8 Å². The van der Waals surface area contributed by atoms with E-state index in [4.69, 9.17) is 0 Å². The predicted octanol–water partition coefficient (Wildman–Crippen LogP) is 1.86. The quantitative estimate of drug-likeness (QED) is 0.891. The molecule has 0 saturated heterocycles. The van der Waals surface area contributed by atoms with Crippen molar-refractivity contribution in [1.82, 2.24) is 9.71 Å². The van der Waals surface area contributed by atoms with Gasteiger partial charge in [0, 0.05) is 18.3 Å². The summed E-state index contributed by atoms with van der Waals surface area (Å²) in [6.45, 7) is 2.42. The minimum atomic E-state index is -3.10. The van der Waals surface area contributed by atoms with E-state index in [1.807, 2.05) is 12.3 Å². The van der Waals surface area contributed by atoms with Crippen LogP contribution in [0.15, 0.2) is 5.38 Å². The average Bonchev–Trinajstić information content (AvgIpc) is 2.89. The number of nitrogens with one attached hydrogen (secondary N) is 1. The average molecular weight is 274 g/mol. The SMILES string of the molecule is Cc1nc(CCNS(=O)(=O)C2CCCC2)cs1. The maximum absolute atomic E-state index is 11.9. The first-order chi connectivity index (χ1) is 8.08. The van der Waals surface area contributed by atoms with E-state index in [0.717, 1.165) is 36.4 Å². The van der Waals surface area contributed by atoms with Crippen LogP contribution in [0.2, 0.25) is 0 Å². The van der Waals surface area contributed by atoms with E-state index in [-0.39, 0.29) is 5.25 Å². The van der Waals surface area contributed by atoms with E-state index >= 15 is 0 Å². The Morgan fingerprint density at radius 2 is 2.18 bits per heavy atom. The zero-order valence-electron chi connectivity index (χ0n) is 9.98. The molecule has 0 amide bonds. The summed E-state index contributed by atoms with van der Waals surface area (Å²) in [5.41, 5.74) is 0.974. The second-order valence-corrected chi connectivity index (χ2v) is 7.56. The second-order valence-electron chi connectivity index (χ2n) is 4.45. The highest BCUT2D eigenvalue weighted by atomic mass is 32.2. The molecular weight excluding hydrogens is 256 g/mol. The number of nitrogens with zero attached hydrogens (tertiary/aromatic N) is 1. The molecule has 1 aromatic heterocycles. The molecule has 2 rings (SSSR count). The van der Waals surface area contributed by atoms with Crippen LogP contribution in [-0.4, -0.2) is 25.2 Å². The van der Waals surface area contributed by atoms with Crippen LogP contribution >= 0.6 is 11.3 Å². The molecule has 0 aromatic carbocycles. The maximum atomic E-state index is 11.9. The molecule has 17 heavy (non-hydrogen) atoms. The van der Waals surface area contributed by atoms with Crippen LogP contribution in [-0.2, 0) is 16.4 Å². The fourth-order valence-corrected chi connectivity index (χ4v) is 4.38. The lowest BCUT2D eigenvalue weighted by molar-refractivity contribution is 0.564. The molecule has 0 unspecified atom stereocenters. The van der Waals surface area contributed by atoms with Crippen molar-refractivity contribution in [3.05, 3.63) is 16.1 Å². The first-order valence-corrected chi connectivity index (χ1v) is 8.40. The summed E-state index contributed by atoms with van der Waals surface area (Å²) in [4.78, 5) is 4.31. The summed E-state index contributed by atoms with van der Waals surface area (Å²) in [6, 6.07) is 0. The van der Waals surface area contributed by atoms with Crippen LogP contribution in [0.25, 0.3) is 0 Å². The molecule has 1 aliphatic rings. The Balaban J connectivity index is 1.81. The van der Waals surface area contributed by atoms with Crippen LogP contribution in [0.1, 0.15) is 36.4 Å². The number of aryl methyl sites for hydroxylation is 1. The maximum Gasteiger partial charge on any atom is 0.214 e. The molecule has 1 heterocycles. The number of thiazole rings is 1. The van der Waals surface area contributed by atoms with Crippen molar-refractivity contribution >= 4 is 21.4 Å². The predicted molar refractivity (Wildman–Crippen MR) is 69.7 cm³/mol.